The molecule has 1 aliphatic carbocycles. The van der Waals surface area contributed by atoms with Crippen LogP contribution in [0.2, 0.25) is 0 Å². The number of carbonyl (C=O) groups is 1. The molecule has 1 spiro atoms. The molecule has 3 rings (SSSR count). The Morgan fingerprint density at radius 3 is 2.70 bits per heavy atom. The number of hydrogen-bond acceptors (Lipinski definition) is 2. The van der Waals surface area contributed by atoms with E-state index in [0.29, 0.717) is 11.3 Å². The third kappa shape index (κ3) is 1.89. The van der Waals surface area contributed by atoms with Crippen molar-refractivity contribution in [1.29, 1.82) is 0 Å². The Kier molecular flexibility index (Phi) is 3.19. The molecule has 1 saturated carbocycles. The first kappa shape index (κ1) is 13.4. The SMILES string of the molecule is CC(C)[C@H]1N(C(=O)c2ccc[nH]c2=O)CC12CCCC2. The van der Waals surface area contributed by atoms with Gasteiger partial charge in [0.15, 0.2) is 0 Å². The summed E-state index contributed by atoms with van der Waals surface area (Å²) in [5.74, 6) is 0.330. The number of nitrogens with one attached hydrogen (secondary N) is 1. The highest BCUT2D eigenvalue weighted by atomic mass is 16.2. The molecule has 0 bridgehead atoms. The molecule has 1 atom stereocenters. The molecular formula is C16H22N2O2. The van der Waals surface area contributed by atoms with Gasteiger partial charge in [-0.05, 0) is 30.9 Å². The Morgan fingerprint density at radius 1 is 1.40 bits per heavy atom. The van der Waals surface area contributed by atoms with Crippen molar-refractivity contribution in [2.45, 2.75) is 45.6 Å². The number of likely N-dealkylation sites (tertiary alicyclic amines) is 1. The van der Waals surface area contributed by atoms with Gasteiger partial charge < -0.3 is 9.88 Å². The average molecular weight is 274 g/mol. The highest BCUT2D eigenvalue weighted by Gasteiger charge is 2.56. The van der Waals surface area contributed by atoms with Gasteiger partial charge >= 0.3 is 0 Å². The third-order valence-corrected chi connectivity index (χ3v) is 4.99. The highest BCUT2D eigenvalue weighted by molar-refractivity contribution is 5.94. The number of H-pyrrole nitrogens is 1. The summed E-state index contributed by atoms with van der Waals surface area (Å²) in [4.78, 5) is 28.9. The molecule has 2 heterocycles. The number of nitrogens with zero attached hydrogens (tertiary/aromatic N) is 1. The van der Waals surface area contributed by atoms with E-state index < -0.39 is 0 Å². The first-order valence-corrected chi connectivity index (χ1v) is 7.54. The standard InChI is InChI=1S/C16H22N2O2/c1-11(2)13-16(7-3-4-8-16)10-18(13)15(20)12-6-5-9-17-14(12)19/h5-6,9,11,13H,3-4,7-8,10H2,1-2H3,(H,17,19)/t13-/m1/s1. The Hall–Kier alpha value is -1.58. The zero-order chi connectivity index (χ0) is 14.3. The molecule has 0 radical (unpaired) electrons. The van der Waals surface area contributed by atoms with Crippen LogP contribution in [0.25, 0.3) is 0 Å². The van der Waals surface area contributed by atoms with Crippen molar-refractivity contribution in [3.63, 3.8) is 0 Å². The Morgan fingerprint density at radius 2 is 2.10 bits per heavy atom. The van der Waals surface area contributed by atoms with Gasteiger partial charge in [-0.2, -0.15) is 0 Å². The van der Waals surface area contributed by atoms with Crippen LogP contribution in [0, 0.1) is 11.3 Å². The number of carbonyl (C=O) groups excluding carboxylic acids is 1. The minimum Gasteiger partial charge on any atom is -0.334 e. The molecular weight excluding hydrogens is 252 g/mol. The van der Waals surface area contributed by atoms with Crippen molar-refractivity contribution in [2.24, 2.45) is 11.3 Å². The van der Waals surface area contributed by atoms with Crippen LogP contribution in [-0.2, 0) is 0 Å². The molecule has 1 saturated heterocycles. The van der Waals surface area contributed by atoms with Crippen LogP contribution in [0.1, 0.15) is 49.9 Å². The topological polar surface area (TPSA) is 53.2 Å². The average Bonchev–Trinajstić information content (AvgIpc) is 2.86. The molecule has 1 amide bonds. The molecule has 0 unspecified atom stereocenters. The predicted octanol–water partition coefficient (Wildman–Crippen LogP) is 2.42. The molecule has 1 N–H and O–H groups in total. The summed E-state index contributed by atoms with van der Waals surface area (Å²) in [6.45, 7) is 5.18. The normalized spacial score (nSPS) is 24.1. The number of aromatic nitrogens is 1. The largest absolute Gasteiger partial charge is 0.334 e. The van der Waals surface area contributed by atoms with E-state index in [1.54, 1.807) is 18.3 Å². The molecule has 2 fully saturated rings. The maximum atomic E-state index is 12.6. The van der Waals surface area contributed by atoms with Crippen LogP contribution in [0.4, 0.5) is 0 Å². The summed E-state index contributed by atoms with van der Waals surface area (Å²) in [6, 6.07) is 3.62. The van der Waals surface area contributed by atoms with Gasteiger partial charge in [-0.15, -0.1) is 0 Å². The van der Waals surface area contributed by atoms with Crippen LogP contribution in [0.15, 0.2) is 23.1 Å². The van der Waals surface area contributed by atoms with E-state index in [4.69, 9.17) is 0 Å². The number of rotatable bonds is 2. The van der Waals surface area contributed by atoms with Gasteiger partial charge in [-0.3, -0.25) is 9.59 Å². The minimum absolute atomic E-state index is 0.108. The Labute approximate surface area is 119 Å². The second-order valence-corrected chi connectivity index (χ2v) is 6.60. The van der Waals surface area contributed by atoms with Crippen molar-refractivity contribution in [3.05, 3.63) is 34.2 Å². The van der Waals surface area contributed by atoms with Gasteiger partial charge in [-0.25, -0.2) is 0 Å². The maximum absolute atomic E-state index is 12.6. The van der Waals surface area contributed by atoms with E-state index >= 15 is 0 Å². The van der Waals surface area contributed by atoms with Gasteiger partial charge in [0, 0.05) is 24.2 Å². The lowest BCUT2D eigenvalue weighted by atomic mass is 9.65. The number of pyridine rings is 1. The quantitative estimate of drug-likeness (QED) is 0.900. The van der Waals surface area contributed by atoms with Crippen molar-refractivity contribution in [3.8, 4) is 0 Å². The van der Waals surface area contributed by atoms with Gasteiger partial charge in [-0.1, -0.05) is 26.7 Å². The van der Waals surface area contributed by atoms with Gasteiger partial charge in [0.1, 0.15) is 5.56 Å². The molecule has 2 aliphatic rings. The molecule has 4 nitrogen and oxygen atoms in total. The van der Waals surface area contributed by atoms with E-state index in [9.17, 15) is 9.59 Å². The second-order valence-electron chi connectivity index (χ2n) is 6.60. The van der Waals surface area contributed by atoms with Crippen LogP contribution < -0.4 is 5.56 Å². The minimum atomic E-state index is -0.285. The molecule has 1 aromatic rings. The van der Waals surface area contributed by atoms with E-state index in [0.717, 1.165) is 6.54 Å². The summed E-state index contributed by atoms with van der Waals surface area (Å²) in [5.41, 5.74) is 0.309. The molecule has 0 aromatic carbocycles. The van der Waals surface area contributed by atoms with Crippen LogP contribution in [0.5, 0.6) is 0 Å². The summed E-state index contributed by atoms with van der Waals surface area (Å²) in [6.07, 6.45) is 6.57. The van der Waals surface area contributed by atoms with E-state index in [2.05, 4.69) is 18.8 Å². The third-order valence-electron chi connectivity index (χ3n) is 4.99. The van der Waals surface area contributed by atoms with Crippen molar-refractivity contribution < 1.29 is 4.79 Å². The summed E-state index contributed by atoms with van der Waals surface area (Å²) in [7, 11) is 0. The number of aromatic amines is 1. The van der Waals surface area contributed by atoms with Crippen LogP contribution >= 0.6 is 0 Å². The predicted molar refractivity (Wildman–Crippen MR) is 77.6 cm³/mol. The zero-order valence-electron chi connectivity index (χ0n) is 12.2. The van der Waals surface area contributed by atoms with Gasteiger partial charge in [0.25, 0.3) is 11.5 Å². The molecule has 1 aliphatic heterocycles. The Bertz CT molecular complexity index is 570. The van der Waals surface area contributed by atoms with E-state index in [-0.39, 0.29) is 23.1 Å². The van der Waals surface area contributed by atoms with Crippen molar-refractivity contribution in [1.82, 2.24) is 9.88 Å². The van der Waals surface area contributed by atoms with E-state index in [1.807, 2.05) is 4.90 Å². The Balaban J connectivity index is 1.86. The lowest BCUT2D eigenvalue weighted by Crippen LogP contribution is -2.67. The van der Waals surface area contributed by atoms with Gasteiger partial charge in [0.2, 0.25) is 0 Å². The van der Waals surface area contributed by atoms with Crippen LogP contribution in [-0.4, -0.2) is 28.4 Å². The fraction of sp³-hybridized carbons (Fsp3) is 0.625. The molecule has 4 heteroatoms. The molecule has 1 aromatic heterocycles. The monoisotopic (exact) mass is 274 g/mol. The highest BCUT2D eigenvalue weighted by Crippen LogP contribution is 2.53. The summed E-state index contributed by atoms with van der Waals surface area (Å²) >= 11 is 0. The first-order valence-electron chi connectivity index (χ1n) is 7.54. The van der Waals surface area contributed by atoms with E-state index in [1.165, 1.54) is 25.7 Å². The number of hydrogen-bond donors (Lipinski definition) is 1. The van der Waals surface area contributed by atoms with Gasteiger partial charge in [0.05, 0.1) is 0 Å². The maximum Gasteiger partial charge on any atom is 0.260 e. The summed E-state index contributed by atoms with van der Waals surface area (Å²) in [5, 5.41) is 0. The zero-order valence-corrected chi connectivity index (χ0v) is 12.2. The number of amides is 1. The lowest BCUT2D eigenvalue weighted by molar-refractivity contribution is -0.0702. The van der Waals surface area contributed by atoms with Crippen LogP contribution in [0.3, 0.4) is 0 Å². The fourth-order valence-corrected chi connectivity index (χ4v) is 4.29. The van der Waals surface area contributed by atoms with Crippen molar-refractivity contribution in [2.75, 3.05) is 6.54 Å². The fourth-order valence-electron chi connectivity index (χ4n) is 4.29. The lowest BCUT2D eigenvalue weighted by Gasteiger charge is -2.58. The summed E-state index contributed by atoms with van der Waals surface area (Å²) < 4.78 is 0. The second kappa shape index (κ2) is 4.76. The molecule has 108 valence electrons. The van der Waals surface area contributed by atoms with Crippen molar-refractivity contribution >= 4 is 5.91 Å². The molecule has 20 heavy (non-hydrogen) atoms. The first-order chi connectivity index (χ1) is 9.55. The smallest absolute Gasteiger partial charge is 0.260 e.